The highest BCUT2D eigenvalue weighted by atomic mass is 19.3. The molecular weight excluding hydrogens is 237 g/mol. The zero-order valence-corrected chi connectivity index (χ0v) is 8.25. The third-order valence-electron chi connectivity index (χ3n) is 2.28. The van der Waals surface area contributed by atoms with Crippen LogP contribution in [0.1, 0.15) is 0 Å². The minimum absolute atomic E-state index is 0.0371. The highest BCUT2D eigenvalue weighted by molar-refractivity contribution is 5.64. The van der Waals surface area contributed by atoms with Gasteiger partial charge in [-0.1, -0.05) is 0 Å². The van der Waals surface area contributed by atoms with E-state index in [0.29, 0.717) is 0 Å². The molecule has 1 aliphatic heterocycles. The number of fused-ring (bicyclic) bond motifs is 1. The predicted octanol–water partition coefficient (Wildman–Crippen LogP) is 3.41. The fraction of sp³-hybridized carbons (Fsp3) is 0.0909. The number of benzene rings is 1. The lowest BCUT2D eigenvalue weighted by Crippen LogP contribution is -2.25. The van der Waals surface area contributed by atoms with Crippen molar-refractivity contribution < 1.29 is 27.1 Å². The molecule has 0 aliphatic carbocycles. The summed E-state index contributed by atoms with van der Waals surface area (Å²) in [5, 5.41) is 0. The van der Waals surface area contributed by atoms with Gasteiger partial charge in [-0.15, -0.1) is 8.78 Å². The molecule has 0 bridgehead atoms. The van der Waals surface area contributed by atoms with Gasteiger partial charge in [0.15, 0.2) is 11.5 Å². The summed E-state index contributed by atoms with van der Waals surface area (Å²) < 4.78 is 52.5. The van der Waals surface area contributed by atoms with Crippen molar-refractivity contribution in [3.05, 3.63) is 36.3 Å². The van der Waals surface area contributed by atoms with Crippen molar-refractivity contribution in [1.29, 1.82) is 0 Å². The molecule has 0 radical (unpaired) electrons. The Kier molecular flexibility index (Phi) is 1.89. The van der Waals surface area contributed by atoms with Crippen LogP contribution in [0.3, 0.4) is 0 Å². The molecule has 17 heavy (non-hydrogen) atoms. The van der Waals surface area contributed by atoms with Gasteiger partial charge in [-0.3, -0.25) is 0 Å². The Labute approximate surface area is 93.4 Å². The number of ether oxygens (including phenoxy) is 2. The van der Waals surface area contributed by atoms with Crippen LogP contribution in [0.15, 0.2) is 34.9 Å². The van der Waals surface area contributed by atoms with Gasteiger partial charge in [0, 0.05) is 6.07 Å². The number of halogens is 3. The number of rotatable bonds is 1. The van der Waals surface area contributed by atoms with Gasteiger partial charge in [-0.25, -0.2) is 4.39 Å². The summed E-state index contributed by atoms with van der Waals surface area (Å²) in [6.45, 7) is 0. The van der Waals surface area contributed by atoms with Crippen LogP contribution in [0.5, 0.6) is 11.5 Å². The van der Waals surface area contributed by atoms with E-state index in [4.69, 9.17) is 4.42 Å². The molecule has 3 nitrogen and oxygen atoms in total. The molecule has 0 spiro atoms. The molecule has 1 aromatic carbocycles. The topological polar surface area (TPSA) is 31.6 Å². The summed E-state index contributed by atoms with van der Waals surface area (Å²) in [4.78, 5) is 0. The fourth-order valence-electron chi connectivity index (χ4n) is 1.59. The molecule has 2 heterocycles. The Morgan fingerprint density at radius 3 is 2.41 bits per heavy atom. The number of alkyl halides is 2. The first-order chi connectivity index (χ1) is 8.05. The van der Waals surface area contributed by atoms with Crippen LogP contribution < -0.4 is 9.47 Å². The number of furan rings is 1. The number of hydrogen-bond donors (Lipinski definition) is 0. The molecule has 0 fully saturated rings. The molecule has 6 heteroatoms. The Morgan fingerprint density at radius 2 is 1.76 bits per heavy atom. The molecule has 0 atom stereocenters. The molecular formula is C11H5F3O3. The van der Waals surface area contributed by atoms with E-state index < -0.39 is 12.1 Å². The quantitative estimate of drug-likeness (QED) is 0.767. The zero-order valence-electron chi connectivity index (χ0n) is 8.25. The van der Waals surface area contributed by atoms with Crippen LogP contribution in [-0.2, 0) is 0 Å². The van der Waals surface area contributed by atoms with Crippen molar-refractivity contribution >= 4 is 0 Å². The average Bonchev–Trinajstić information content (AvgIpc) is 2.81. The van der Waals surface area contributed by atoms with Gasteiger partial charge in [0.1, 0.15) is 11.6 Å². The fourth-order valence-corrected chi connectivity index (χ4v) is 1.59. The summed E-state index contributed by atoms with van der Waals surface area (Å²) in [5.74, 6) is -1.05. The van der Waals surface area contributed by atoms with Gasteiger partial charge in [0.2, 0.25) is 0 Å². The molecule has 88 valence electrons. The van der Waals surface area contributed by atoms with Crippen molar-refractivity contribution in [3.63, 3.8) is 0 Å². The van der Waals surface area contributed by atoms with E-state index in [9.17, 15) is 13.2 Å². The Balaban J connectivity index is 2.11. The predicted molar refractivity (Wildman–Crippen MR) is 50.3 cm³/mol. The Hall–Kier alpha value is -2.11. The van der Waals surface area contributed by atoms with Crippen LogP contribution >= 0.6 is 0 Å². The van der Waals surface area contributed by atoms with E-state index in [-0.39, 0.29) is 22.8 Å². The lowest BCUT2D eigenvalue weighted by atomic mass is 10.1. The summed E-state index contributed by atoms with van der Waals surface area (Å²) >= 11 is 0. The standard InChI is InChI=1S/C11H5F3O3/c12-7-5-10-9(16-11(13,14)17-10)4-6(7)8-2-1-3-15-8/h1-5H. The molecule has 0 N–H and O–H groups in total. The third kappa shape index (κ3) is 1.61. The third-order valence-corrected chi connectivity index (χ3v) is 2.28. The number of hydrogen-bond acceptors (Lipinski definition) is 3. The van der Waals surface area contributed by atoms with E-state index in [1.54, 1.807) is 6.07 Å². The molecule has 2 aromatic rings. The molecule has 1 aliphatic rings. The second-order valence-corrected chi connectivity index (χ2v) is 3.42. The van der Waals surface area contributed by atoms with Crippen molar-refractivity contribution in [2.75, 3.05) is 0 Å². The van der Waals surface area contributed by atoms with E-state index in [0.717, 1.165) is 12.1 Å². The lowest BCUT2D eigenvalue weighted by Gasteiger charge is -2.04. The summed E-state index contributed by atoms with van der Waals surface area (Å²) in [7, 11) is 0. The smallest absolute Gasteiger partial charge is 0.464 e. The Bertz CT molecular complexity index is 564. The zero-order chi connectivity index (χ0) is 12.0. The average molecular weight is 242 g/mol. The second-order valence-electron chi connectivity index (χ2n) is 3.42. The summed E-state index contributed by atoms with van der Waals surface area (Å²) in [6.07, 6.45) is -2.40. The SMILES string of the molecule is Fc1cc2c(cc1-c1ccco1)OC(F)(F)O2. The summed E-state index contributed by atoms with van der Waals surface area (Å²) in [6, 6.07) is 5.03. The van der Waals surface area contributed by atoms with Gasteiger partial charge in [0.05, 0.1) is 11.8 Å². The van der Waals surface area contributed by atoms with Crippen LogP contribution in [0, 0.1) is 5.82 Å². The van der Waals surface area contributed by atoms with Crippen molar-refractivity contribution in [3.8, 4) is 22.8 Å². The van der Waals surface area contributed by atoms with Gasteiger partial charge >= 0.3 is 6.29 Å². The van der Waals surface area contributed by atoms with Crippen LogP contribution in [0.4, 0.5) is 13.2 Å². The van der Waals surface area contributed by atoms with E-state index in [1.807, 2.05) is 0 Å². The van der Waals surface area contributed by atoms with E-state index in [2.05, 4.69) is 9.47 Å². The highest BCUT2D eigenvalue weighted by Gasteiger charge is 2.44. The van der Waals surface area contributed by atoms with E-state index in [1.165, 1.54) is 12.3 Å². The van der Waals surface area contributed by atoms with Gasteiger partial charge in [-0.2, -0.15) is 0 Å². The van der Waals surface area contributed by atoms with Gasteiger partial charge < -0.3 is 13.9 Å². The molecule has 0 saturated heterocycles. The largest absolute Gasteiger partial charge is 0.586 e. The minimum Gasteiger partial charge on any atom is -0.464 e. The first-order valence-electron chi connectivity index (χ1n) is 4.68. The summed E-state index contributed by atoms with van der Waals surface area (Å²) in [5.41, 5.74) is 0.0371. The maximum atomic E-state index is 13.6. The second kappa shape index (κ2) is 3.19. The van der Waals surface area contributed by atoms with Gasteiger partial charge in [0.25, 0.3) is 0 Å². The van der Waals surface area contributed by atoms with Crippen molar-refractivity contribution in [2.24, 2.45) is 0 Å². The normalized spacial score (nSPS) is 16.2. The molecule has 1 aromatic heterocycles. The monoisotopic (exact) mass is 242 g/mol. The first kappa shape index (κ1) is 10.1. The first-order valence-corrected chi connectivity index (χ1v) is 4.68. The van der Waals surface area contributed by atoms with Crippen molar-refractivity contribution in [2.45, 2.75) is 6.29 Å². The highest BCUT2D eigenvalue weighted by Crippen LogP contribution is 2.44. The maximum absolute atomic E-state index is 13.6. The Morgan fingerprint density at radius 1 is 1.06 bits per heavy atom. The maximum Gasteiger partial charge on any atom is 0.586 e. The van der Waals surface area contributed by atoms with Crippen LogP contribution in [0.25, 0.3) is 11.3 Å². The van der Waals surface area contributed by atoms with Gasteiger partial charge in [-0.05, 0) is 18.2 Å². The van der Waals surface area contributed by atoms with E-state index >= 15 is 0 Å². The molecule has 0 amide bonds. The molecule has 0 unspecified atom stereocenters. The lowest BCUT2D eigenvalue weighted by molar-refractivity contribution is -0.286. The molecule has 0 saturated carbocycles. The van der Waals surface area contributed by atoms with Crippen LogP contribution in [0.2, 0.25) is 0 Å². The minimum atomic E-state index is -3.75. The molecule has 3 rings (SSSR count). The van der Waals surface area contributed by atoms with Crippen LogP contribution in [-0.4, -0.2) is 6.29 Å². The van der Waals surface area contributed by atoms with Crippen molar-refractivity contribution in [1.82, 2.24) is 0 Å².